The number of allylic oxidation sites excluding steroid dienone is 2. The first-order chi connectivity index (χ1) is 13.4. The highest BCUT2D eigenvalue weighted by molar-refractivity contribution is 6.05. The molecule has 150 valence electrons. The van der Waals surface area contributed by atoms with Crippen molar-refractivity contribution in [2.75, 3.05) is 40.3 Å². The van der Waals surface area contributed by atoms with Gasteiger partial charge in [0.2, 0.25) is 5.78 Å². The first-order valence-electron chi connectivity index (χ1n) is 9.12. The Balaban J connectivity index is 1.80. The summed E-state index contributed by atoms with van der Waals surface area (Å²) in [7, 11) is 3.84. The molecule has 0 atom stereocenters. The number of likely N-dealkylation sites (N-methyl/N-ethyl adjacent to an activating group) is 1. The van der Waals surface area contributed by atoms with Crippen molar-refractivity contribution in [3.63, 3.8) is 0 Å². The largest absolute Gasteiger partial charge is 0.503 e. The fraction of sp³-hybridized carbons (Fsp3) is 0.400. The summed E-state index contributed by atoms with van der Waals surface area (Å²) >= 11 is 0. The molecule has 0 aromatic heterocycles. The van der Waals surface area contributed by atoms with Gasteiger partial charge in [-0.25, -0.2) is 4.39 Å². The van der Waals surface area contributed by atoms with Crippen LogP contribution in [0, 0.1) is 5.82 Å². The Morgan fingerprint density at radius 2 is 1.89 bits per heavy atom. The summed E-state index contributed by atoms with van der Waals surface area (Å²) in [4.78, 5) is 30.3. The number of amides is 1. The molecule has 1 fully saturated rings. The number of Topliss-reactive ketones (excluding diaryl/α,β-unsaturated/α-hetero) is 1. The Labute approximate surface area is 163 Å². The van der Waals surface area contributed by atoms with Gasteiger partial charge < -0.3 is 24.5 Å². The molecule has 2 aliphatic heterocycles. The third-order valence-corrected chi connectivity index (χ3v) is 4.64. The zero-order valence-electron chi connectivity index (χ0n) is 16.0. The Hall–Kier alpha value is -2.87. The normalized spacial score (nSPS) is 17.6. The number of hydrogen-bond donors (Lipinski definition) is 1. The number of aliphatic hydroxyl groups is 1. The molecule has 0 saturated carbocycles. The molecule has 28 heavy (non-hydrogen) atoms. The molecular weight excluding hydrogens is 365 g/mol. The van der Waals surface area contributed by atoms with Crippen LogP contribution in [0.2, 0.25) is 0 Å². The third-order valence-electron chi connectivity index (χ3n) is 4.64. The second kappa shape index (κ2) is 8.43. The standard InChI is InChI=1S/C20H24FN3O4/c1-22(2)11-12-28-17-8-7-16(25)19(26)18-20(27)23(9-10-24(17)18)13-14-3-5-15(21)6-4-14/h3-6,8,26H,7,9-13H2,1-2H3. The number of ketones is 1. The number of piperazine rings is 1. The summed E-state index contributed by atoms with van der Waals surface area (Å²) < 4.78 is 18.9. The van der Waals surface area contributed by atoms with E-state index in [1.54, 1.807) is 23.1 Å². The monoisotopic (exact) mass is 389 g/mol. The molecular formula is C20H24FN3O4. The minimum absolute atomic E-state index is 0.0334. The van der Waals surface area contributed by atoms with E-state index < -0.39 is 17.4 Å². The van der Waals surface area contributed by atoms with Gasteiger partial charge in [-0.15, -0.1) is 0 Å². The molecule has 0 spiro atoms. The van der Waals surface area contributed by atoms with Crippen molar-refractivity contribution in [1.82, 2.24) is 14.7 Å². The first kappa shape index (κ1) is 19.9. The molecule has 0 bridgehead atoms. The minimum Gasteiger partial charge on any atom is -0.503 e. The van der Waals surface area contributed by atoms with Gasteiger partial charge in [0.1, 0.15) is 12.4 Å². The third kappa shape index (κ3) is 4.33. The highest BCUT2D eigenvalue weighted by atomic mass is 19.1. The van der Waals surface area contributed by atoms with Gasteiger partial charge in [-0.1, -0.05) is 12.1 Å². The quantitative estimate of drug-likeness (QED) is 0.797. The summed E-state index contributed by atoms with van der Waals surface area (Å²) in [5, 5.41) is 10.4. The van der Waals surface area contributed by atoms with E-state index in [4.69, 9.17) is 4.74 Å². The fourth-order valence-electron chi connectivity index (χ4n) is 3.10. The number of fused-ring (bicyclic) bond motifs is 1. The second-order valence-corrected chi connectivity index (χ2v) is 7.02. The van der Waals surface area contributed by atoms with Crippen LogP contribution < -0.4 is 0 Å². The highest BCUT2D eigenvalue weighted by Crippen LogP contribution is 2.28. The van der Waals surface area contributed by atoms with Crippen LogP contribution >= 0.6 is 0 Å². The van der Waals surface area contributed by atoms with Crippen LogP contribution in [0.25, 0.3) is 0 Å². The number of carbonyl (C=O) groups is 2. The van der Waals surface area contributed by atoms with Crippen LogP contribution in [0.4, 0.5) is 4.39 Å². The predicted octanol–water partition coefficient (Wildman–Crippen LogP) is 1.63. The average molecular weight is 389 g/mol. The lowest BCUT2D eigenvalue weighted by Gasteiger charge is -2.37. The Morgan fingerprint density at radius 3 is 2.57 bits per heavy atom. The number of aliphatic hydroxyl groups excluding tert-OH is 1. The van der Waals surface area contributed by atoms with Crippen molar-refractivity contribution in [1.29, 1.82) is 0 Å². The molecule has 1 N–H and O–H groups in total. The number of nitrogens with zero attached hydrogens (tertiary/aromatic N) is 3. The van der Waals surface area contributed by atoms with Gasteiger partial charge in [-0.2, -0.15) is 0 Å². The molecule has 8 heteroatoms. The Morgan fingerprint density at radius 1 is 1.18 bits per heavy atom. The Kier molecular flexibility index (Phi) is 5.99. The summed E-state index contributed by atoms with van der Waals surface area (Å²) in [6.07, 6.45) is 1.57. The maximum Gasteiger partial charge on any atom is 0.274 e. The zero-order valence-corrected chi connectivity index (χ0v) is 16.0. The first-order valence-corrected chi connectivity index (χ1v) is 9.12. The van der Waals surface area contributed by atoms with Crippen LogP contribution in [0.1, 0.15) is 12.0 Å². The van der Waals surface area contributed by atoms with E-state index in [9.17, 15) is 19.1 Å². The Bertz CT molecular complexity index is 817. The van der Waals surface area contributed by atoms with Crippen molar-refractivity contribution < 1.29 is 23.8 Å². The number of hydrogen-bond acceptors (Lipinski definition) is 6. The van der Waals surface area contributed by atoms with Crippen LogP contribution in [-0.2, 0) is 20.9 Å². The minimum atomic E-state index is -0.545. The van der Waals surface area contributed by atoms with E-state index in [2.05, 4.69) is 0 Å². The van der Waals surface area contributed by atoms with E-state index in [1.165, 1.54) is 17.0 Å². The van der Waals surface area contributed by atoms with E-state index >= 15 is 0 Å². The molecule has 3 rings (SSSR count). The van der Waals surface area contributed by atoms with Crippen molar-refractivity contribution in [2.45, 2.75) is 13.0 Å². The average Bonchev–Trinajstić information content (AvgIpc) is 2.77. The number of benzene rings is 1. The lowest BCUT2D eigenvalue weighted by molar-refractivity contribution is -0.133. The van der Waals surface area contributed by atoms with Crippen LogP contribution in [-0.4, -0.2) is 71.8 Å². The van der Waals surface area contributed by atoms with Gasteiger partial charge in [0.25, 0.3) is 5.91 Å². The molecule has 7 nitrogen and oxygen atoms in total. The van der Waals surface area contributed by atoms with Crippen molar-refractivity contribution in [3.05, 3.63) is 59.1 Å². The van der Waals surface area contributed by atoms with Gasteiger partial charge in [-0.05, 0) is 37.9 Å². The fourth-order valence-corrected chi connectivity index (χ4v) is 3.10. The van der Waals surface area contributed by atoms with Crippen LogP contribution in [0.5, 0.6) is 0 Å². The number of halogens is 1. The number of carbonyl (C=O) groups excluding carboxylic acids is 2. The van der Waals surface area contributed by atoms with E-state index in [0.29, 0.717) is 32.1 Å². The summed E-state index contributed by atoms with van der Waals surface area (Å²) in [6.45, 7) is 2.10. The lowest BCUT2D eigenvalue weighted by atomic mass is 10.1. The van der Waals surface area contributed by atoms with Gasteiger partial charge in [0, 0.05) is 32.6 Å². The SMILES string of the molecule is CN(C)CCOC1=CCC(=O)C(O)=C2C(=O)N(Cc3ccc(F)cc3)CCN12. The maximum atomic E-state index is 13.1. The molecule has 0 unspecified atom stereocenters. The van der Waals surface area contributed by atoms with E-state index in [0.717, 1.165) is 5.56 Å². The molecule has 2 heterocycles. The zero-order chi connectivity index (χ0) is 20.3. The number of rotatable bonds is 6. The van der Waals surface area contributed by atoms with Gasteiger partial charge >= 0.3 is 0 Å². The van der Waals surface area contributed by atoms with Gasteiger partial charge in [-0.3, -0.25) is 9.59 Å². The smallest absolute Gasteiger partial charge is 0.274 e. The van der Waals surface area contributed by atoms with Crippen LogP contribution in [0.15, 0.2) is 47.7 Å². The molecule has 1 aromatic carbocycles. The molecule has 1 saturated heterocycles. The van der Waals surface area contributed by atoms with Crippen LogP contribution in [0.3, 0.4) is 0 Å². The lowest BCUT2D eigenvalue weighted by Crippen LogP contribution is -2.48. The summed E-state index contributed by atoms with van der Waals surface area (Å²) in [6, 6.07) is 5.89. The molecule has 1 aromatic rings. The summed E-state index contributed by atoms with van der Waals surface area (Å²) in [5.41, 5.74) is 0.702. The second-order valence-electron chi connectivity index (χ2n) is 7.02. The van der Waals surface area contributed by atoms with Crippen molar-refractivity contribution in [3.8, 4) is 0 Å². The van der Waals surface area contributed by atoms with E-state index in [-0.39, 0.29) is 24.5 Å². The molecule has 1 amide bonds. The van der Waals surface area contributed by atoms with Gasteiger partial charge in [0.05, 0.1) is 0 Å². The highest BCUT2D eigenvalue weighted by Gasteiger charge is 2.37. The maximum absolute atomic E-state index is 13.1. The van der Waals surface area contributed by atoms with E-state index in [1.807, 2.05) is 19.0 Å². The summed E-state index contributed by atoms with van der Waals surface area (Å²) in [5.74, 6) is -1.46. The molecule has 0 radical (unpaired) electrons. The van der Waals surface area contributed by atoms with Crippen molar-refractivity contribution >= 4 is 11.7 Å². The van der Waals surface area contributed by atoms with Gasteiger partial charge in [0.15, 0.2) is 17.3 Å². The molecule has 0 aliphatic carbocycles. The topological polar surface area (TPSA) is 73.3 Å². The predicted molar refractivity (Wildman–Crippen MR) is 100 cm³/mol. The molecule has 2 aliphatic rings. The number of ether oxygens (including phenoxy) is 1. The van der Waals surface area contributed by atoms with Crippen molar-refractivity contribution in [2.24, 2.45) is 0 Å².